The number of halogens is 1. The van der Waals surface area contributed by atoms with Crippen molar-refractivity contribution in [1.29, 1.82) is 0 Å². The normalized spacial score (nSPS) is 18.1. The number of nitrogens with one attached hydrogen (secondary N) is 2. The molecule has 1 aromatic heterocycles. The van der Waals surface area contributed by atoms with Crippen molar-refractivity contribution >= 4 is 38.6 Å². The fourth-order valence-corrected chi connectivity index (χ4v) is 2.54. The number of carbonyl (C=O) groups excluding carboxylic acids is 2. The summed E-state index contributed by atoms with van der Waals surface area (Å²) in [6.07, 6.45) is 2.15. The zero-order valence-corrected chi connectivity index (χ0v) is 12.1. The Morgan fingerprint density at radius 3 is 3.00 bits per heavy atom. The molecule has 0 aliphatic carbocycles. The molecule has 102 valence electrons. The lowest BCUT2D eigenvalue weighted by atomic mass is 10.1. The number of benzene rings is 1. The average Bonchev–Trinajstić information content (AvgIpc) is 2.83. The summed E-state index contributed by atoms with van der Waals surface area (Å²) >= 11 is 3.38. The minimum atomic E-state index is -0.442. The number of nitrogens with zero attached hydrogens (tertiary/aromatic N) is 1. The highest BCUT2D eigenvalue weighted by atomic mass is 79.9. The standard InChI is InChI=1S/C14H12BrN3O2/c15-10-2-1-8-5-9(7-17-12(8)6-10)13(19)18-11-3-4-16-14(11)20/h1-2,5-7,11H,3-4H2,(H,16,20)(H,18,19). The number of aromatic nitrogens is 1. The van der Waals surface area contributed by atoms with E-state index in [1.807, 2.05) is 18.2 Å². The van der Waals surface area contributed by atoms with Gasteiger partial charge in [0, 0.05) is 22.6 Å². The number of hydrogen-bond donors (Lipinski definition) is 2. The van der Waals surface area contributed by atoms with Crippen LogP contribution < -0.4 is 10.6 Å². The maximum absolute atomic E-state index is 12.1. The Labute approximate surface area is 123 Å². The molecule has 0 spiro atoms. The third-order valence-corrected chi connectivity index (χ3v) is 3.76. The van der Waals surface area contributed by atoms with Gasteiger partial charge in [0.1, 0.15) is 6.04 Å². The van der Waals surface area contributed by atoms with Gasteiger partial charge in [-0.2, -0.15) is 0 Å². The zero-order chi connectivity index (χ0) is 14.1. The average molecular weight is 334 g/mol. The van der Waals surface area contributed by atoms with Gasteiger partial charge in [-0.25, -0.2) is 0 Å². The number of carbonyl (C=O) groups is 2. The predicted octanol–water partition coefficient (Wildman–Crippen LogP) is 1.62. The third kappa shape index (κ3) is 2.51. The van der Waals surface area contributed by atoms with Crippen LogP contribution in [0.15, 0.2) is 34.9 Å². The van der Waals surface area contributed by atoms with E-state index in [2.05, 4.69) is 31.5 Å². The van der Waals surface area contributed by atoms with Crippen LogP contribution in [0, 0.1) is 0 Å². The molecule has 2 amide bonds. The van der Waals surface area contributed by atoms with E-state index in [0.29, 0.717) is 18.5 Å². The van der Waals surface area contributed by atoms with E-state index in [-0.39, 0.29) is 11.8 Å². The Kier molecular flexibility index (Phi) is 3.40. The van der Waals surface area contributed by atoms with E-state index in [9.17, 15) is 9.59 Å². The summed E-state index contributed by atoms with van der Waals surface area (Å²) in [6.45, 7) is 0.605. The minimum absolute atomic E-state index is 0.129. The molecule has 3 rings (SSSR count). The quantitative estimate of drug-likeness (QED) is 0.877. The van der Waals surface area contributed by atoms with E-state index < -0.39 is 6.04 Å². The van der Waals surface area contributed by atoms with Crippen molar-refractivity contribution in [1.82, 2.24) is 15.6 Å². The molecule has 1 aliphatic heterocycles. The van der Waals surface area contributed by atoms with Crippen LogP contribution in [0.3, 0.4) is 0 Å². The summed E-state index contributed by atoms with van der Waals surface area (Å²) in [5.74, 6) is -0.402. The van der Waals surface area contributed by atoms with Crippen LogP contribution >= 0.6 is 15.9 Å². The van der Waals surface area contributed by atoms with Crippen molar-refractivity contribution < 1.29 is 9.59 Å². The lowest BCUT2D eigenvalue weighted by Gasteiger charge is -2.10. The van der Waals surface area contributed by atoms with Gasteiger partial charge in [0.05, 0.1) is 11.1 Å². The summed E-state index contributed by atoms with van der Waals surface area (Å²) < 4.78 is 0.942. The second-order valence-electron chi connectivity index (χ2n) is 4.67. The zero-order valence-electron chi connectivity index (χ0n) is 10.5. The third-order valence-electron chi connectivity index (χ3n) is 3.26. The van der Waals surface area contributed by atoms with Gasteiger partial charge in [-0.1, -0.05) is 22.0 Å². The highest BCUT2D eigenvalue weighted by molar-refractivity contribution is 9.10. The molecule has 0 bridgehead atoms. The molecule has 1 atom stereocenters. The summed E-state index contributed by atoms with van der Waals surface area (Å²) in [4.78, 5) is 27.8. The SMILES string of the molecule is O=C(NC1CCNC1=O)c1cnc2cc(Br)ccc2c1. The van der Waals surface area contributed by atoms with Crippen LogP contribution in [0.2, 0.25) is 0 Å². The first-order valence-electron chi connectivity index (χ1n) is 6.27. The highest BCUT2D eigenvalue weighted by Gasteiger charge is 2.25. The molecule has 2 N–H and O–H groups in total. The number of hydrogen-bond acceptors (Lipinski definition) is 3. The second-order valence-corrected chi connectivity index (χ2v) is 5.58. The topological polar surface area (TPSA) is 71.1 Å². The Bertz CT molecular complexity index is 702. The number of fused-ring (bicyclic) bond motifs is 1. The molecule has 5 nitrogen and oxygen atoms in total. The molecule has 1 saturated heterocycles. The molecule has 20 heavy (non-hydrogen) atoms. The van der Waals surface area contributed by atoms with Crippen LogP contribution in [-0.2, 0) is 4.79 Å². The first-order valence-corrected chi connectivity index (χ1v) is 7.07. The Balaban J connectivity index is 1.84. The first kappa shape index (κ1) is 13.1. The van der Waals surface area contributed by atoms with Gasteiger partial charge in [0.2, 0.25) is 5.91 Å². The van der Waals surface area contributed by atoms with Crippen molar-refractivity contribution in [2.45, 2.75) is 12.5 Å². The van der Waals surface area contributed by atoms with Gasteiger partial charge in [-0.15, -0.1) is 0 Å². The van der Waals surface area contributed by atoms with E-state index >= 15 is 0 Å². The van der Waals surface area contributed by atoms with Gasteiger partial charge in [-0.05, 0) is 24.6 Å². The fraction of sp³-hybridized carbons (Fsp3) is 0.214. The lowest BCUT2D eigenvalue weighted by Crippen LogP contribution is -2.40. The molecule has 1 aromatic carbocycles. The molecule has 1 aliphatic rings. The summed E-state index contributed by atoms with van der Waals surface area (Å²) in [5, 5.41) is 6.29. The summed E-state index contributed by atoms with van der Waals surface area (Å²) in [7, 11) is 0. The first-order chi connectivity index (χ1) is 9.63. The molecule has 2 heterocycles. The van der Waals surface area contributed by atoms with Crippen LogP contribution in [0.1, 0.15) is 16.8 Å². The molecule has 0 saturated carbocycles. The van der Waals surface area contributed by atoms with Crippen LogP contribution in [0.5, 0.6) is 0 Å². The van der Waals surface area contributed by atoms with Crippen LogP contribution in [0.25, 0.3) is 10.9 Å². The van der Waals surface area contributed by atoms with Gasteiger partial charge in [0.25, 0.3) is 5.91 Å². The van der Waals surface area contributed by atoms with Gasteiger partial charge in [0.15, 0.2) is 0 Å². The van der Waals surface area contributed by atoms with E-state index in [1.54, 1.807) is 6.07 Å². The van der Waals surface area contributed by atoms with E-state index in [0.717, 1.165) is 15.4 Å². The number of pyridine rings is 1. The van der Waals surface area contributed by atoms with Crippen LogP contribution in [0.4, 0.5) is 0 Å². The van der Waals surface area contributed by atoms with E-state index in [1.165, 1.54) is 6.20 Å². The molecule has 0 radical (unpaired) electrons. The summed E-state index contributed by atoms with van der Waals surface area (Å²) in [6, 6.07) is 7.02. The Morgan fingerprint density at radius 2 is 2.25 bits per heavy atom. The van der Waals surface area contributed by atoms with Crippen LogP contribution in [-0.4, -0.2) is 29.4 Å². The molecule has 6 heteroatoms. The largest absolute Gasteiger partial charge is 0.354 e. The Hall–Kier alpha value is -1.95. The van der Waals surface area contributed by atoms with Gasteiger partial charge < -0.3 is 10.6 Å². The number of rotatable bonds is 2. The van der Waals surface area contributed by atoms with Gasteiger partial charge >= 0.3 is 0 Å². The lowest BCUT2D eigenvalue weighted by molar-refractivity contribution is -0.120. The van der Waals surface area contributed by atoms with Crippen molar-refractivity contribution in [3.63, 3.8) is 0 Å². The second kappa shape index (κ2) is 5.20. The van der Waals surface area contributed by atoms with Crippen molar-refractivity contribution in [2.24, 2.45) is 0 Å². The maximum Gasteiger partial charge on any atom is 0.253 e. The highest BCUT2D eigenvalue weighted by Crippen LogP contribution is 2.19. The fourth-order valence-electron chi connectivity index (χ4n) is 2.19. The smallest absolute Gasteiger partial charge is 0.253 e. The predicted molar refractivity (Wildman–Crippen MR) is 78.3 cm³/mol. The maximum atomic E-state index is 12.1. The monoisotopic (exact) mass is 333 g/mol. The van der Waals surface area contributed by atoms with E-state index in [4.69, 9.17) is 0 Å². The molecule has 1 unspecified atom stereocenters. The van der Waals surface area contributed by atoms with Crippen molar-refractivity contribution in [3.8, 4) is 0 Å². The Morgan fingerprint density at radius 1 is 1.40 bits per heavy atom. The van der Waals surface area contributed by atoms with Gasteiger partial charge in [-0.3, -0.25) is 14.6 Å². The molecule has 2 aromatic rings. The molecular weight excluding hydrogens is 322 g/mol. The molecule has 1 fully saturated rings. The summed E-state index contributed by atoms with van der Waals surface area (Å²) in [5.41, 5.74) is 1.27. The molecular formula is C14H12BrN3O2. The number of amides is 2. The van der Waals surface area contributed by atoms with Crippen molar-refractivity contribution in [2.75, 3.05) is 6.54 Å². The van der Waals surface area contributed by atoms with Crippen molar-refractivity contribution in [3.05, 3.63) is 40.5 Å². The minimum Gasteiger partial charge on any atom is -0.354 e.